The van der Waals surface area contributed by atoms with Crippen molar-refractivity contribution in [2.75, 3.05) is 39.9 Å². The van der Waals surface area contributed by atoms with Crippen LogP contribution < -0.4 is 5.32 Å². The monoisotopic (exact) mass is 378 g/mol. The van der Waals surface area contributed by atoms with Crippen LogP contribution in [0.1, 0.15) is 12.1 Å². The Balaban J connectivity index is 1.48. The number of nitrogens with one attached hydrogen (secondary N) is 1. The van der Waals surface area contributed by atoms with Gasteiger partial charge in [-0.05, 0) is 25.6 Å². The van der Waals surface area contributed by atoms with Crippen molar-refractivity contribution in [3.8, 4) is 0 Å². The number of amides is 2. The number of nitrogens with zero attached hydrogens (tertiary/aromatic N) is 3. The van der Waals surface area contributed by atoms with E-state index in [4.69, 9.17) is 9.47 Å². The summed E-state index contributed by atoms with van der Waals surface area (Å²) >= 11 is 0. The lowest BCUT2D eigenvalue weighted by Gasteiger charge is -2.37. The molecule has 0 aliphatic carbocycles. The van der Waals surface area contributed by atoms with E-state index in [0.717, 1.165) is 5.69 Å². The first-order chi connectivity index (χ1) is 13.0. The van der Waals surface area contributed by atoms with Gasteiger partial charge in [-0.3, -0.25) is 19.6 Å². The van der Waals surface area contributed by atoms with E-state index in [1.807, 2.05) is 30.1 Å². The standard InChI is InChI=1S/C18H26N4O5/c1-21(10-13-4-2-3-6-19-13)11-15-17(24)14(5-8-26-15)20-16(23)12-22-7-9-27-18(22)25/h2-4,6,14-15,17,24H,5,7-12H2,1H3,(H,20,23)/t14-,15+,17-/m0/s1. The summed E-state index contributed by atoms with van der Waals surface area (Å²) in [5, 5.41) is 13.4. The van der Waals surface area contributed by atoms with Gasteiger partial charge in [0.1, 0.15) is 19.3 Å². The highest BCUT2D eigenvalue weighted by Gasteiger charge is 2.35. The predicted molar refractivity (Wildman–Crippen MR) is 95.8 cm³/mol. The molecule has 2 aliphatic heterocycles. The summed E-state index contributed by atoms with van der Waals surface area (Å²) in [5.41, 5.74) is 0.938. The maximum atomic E-state index is 12.2. The lowest BCUT2D eigenvalue weighted by molar-refractivity contribution is -0.129. The number of aromatic nitrogens is 1. The molecule has 3 rings (SSSR count). The van der Waals surface area contributed by atoms with E-state index >= 15 is 0 Å². The highest BCUT2D eigenvalue weighted by Crippen LogP contribution is 2.17. The molecule has 0 bridgehead atoms. The summed E-state index contributed by atoms with van der Waals surface area (Å²) < 4.78 is 10.5. The molecule has 0 radical (unpaired) electrons. The van der Waals surface area contributed by atoms with Crippen molar-refractivity contribution >= 4 is 12.0 Å². The van der Waals surface area contributed by atoms with Crippen LogP contribution in [0, 0.1) is 0 Å². The first-order valence-electron chi connectivity index (χ1n) is 9.12. The Morgan fingerprint density at radius 1 is 1.44 bits per heavy atom. The number of carbonyl (C=O) groups excluding carboxylic acids is 2. The zero-order chi connectivity index (χ0) is 19.2. The molecule has 2 amide bonds. The van der Waals surface area contributed by atoms with Crippen molar-refractivity contribution in [2.45, 2.75) is 31.2 Å². The minimum Gasteiger partial charge on any atom is -0.448 e. The third-order valence-electron chi connectivity index (χ3n) is 4.73. The number of carbonyl (C=O) groups is 2. The molecule has 2 fully saturated rings. The Kier molecular flexibility index (Phi) is 6.59. The first-order valence-corrected chi connectivity index (χ1v) is 9.12. The maximum absolute atomic E-state index is 12.2. The molecule has 9 heteroatoms. The van der Waals surface area contributed by atoms with Crippen LogP contribution >= 0.6 is 0 Å². The highest BCUT2D eigenvalue weighted by molar-refractivity contribution is 5.83. The van der Waals surface area contributed by atoms with Crippen molar-refractivity contribution in [3.05, 3.63) is 30.1 Å². The molecule has 27 heavy (non-hydrogen) atoms. The summed E-state index contributed by atoms with van der Waals surface area (Å²) in [5.74, 6) is -0.305. The molecule has 0 saturated carbocycles. The maximum Gasteiger partial charge on any atom is 0.410 e. The SMILES string of the molecule is CN(Cc1ccccn1)C[C@H]1OCC[C@H](NC(=O)CN2CCOC2=O)[C@@H]1O. The Labute approximate surface area is 158 Å². The number of likely N-dealkylation sites (N-methyl/N-ethyl adjacent to an activating group) is 1. The van der Waals surface area contributed by atoms with Crippen LogP contribution in [0.4, 0.5) is 4.79 Å². The molecule has 0 unspecified atom stereocenters. The third-order valence-corrected chi connectivity index (χ3v) is 4.73. The van der Waals surface area contributed by atoms with Crippen LogP contribution in [0.5, 0.6) is 0 Å². The van der Waals surface area contributed by atoms with Gasteiger partial charge in [-0.1, -0.05) is 6.07 Å². The fraction of sp³-hybridized carbons (Fsp3) is 0.611. The van der Waals surface area contributed by atoms with E-state index in [1.54, 1.807) is 6.20 Å². The Hall–Kier alpha value is -2.23. The molecule has 9 nitrogen and oxygen atoms in total. The number of aliphatic hydroxyl groups is 1. The summed E-state index contributed by atoms with van der Waals surface area (Å²) in [6.45, 7) is 2.26. The van der Waals surface area contributed by atoms with Crippen molar-refractivity contribution in [1.29, 1.82) is 0 Å². The number of aliphatic hydroxyl groups excluding tert-OH is 1. The van der Waals surface area contributed by atoms with Gasteiger partial charge >= 0.3 is 6.09 Å². The van der Waals surface area contributed by atoms with Gasteiger partial charge in [0.2, 0.25) is 5.91 Å². The Bertz CT molecular complexity index is 644. The van der Waals surface area contributed by atoms with Crippen LogP contribution in [0.2, 0.25) is 0 Å². The molecule has 3 heterocycles. The molecule has 2 N–H and O–H groups in total. The van der Waals surface area contributed by atoms with Crippen molar-refractivity contribution in [1.82, 2.24) is 20.1 Å². The number of hydrogen-bond acceptors (Lipinski definition) is 7. The fourth-order valence-corrected chi connectivity index (χ4v) is 3.33. The average Bonchev–Trinajstić information content (AvgIpc) is 3.04. The van der Waals surface area contributed by atoms with Crippen LogP contribution in [-0.4, -0.2) is 90.0 Å². The van der Waals surface area contributed by atoms with Crippen molar-refractivity contribution < 1.29 is 24.2 Å². The highest BCUT2D eigenvalue weighted by atomic mass is 16.6. The van der Waals surface area contributed by atoms with Gasteiger partial charge in [0.15, 0.2) is 0 Å². The molecule has 1 aromatic rings. The summed E-state index contributed by atoms with van der Waals surface area (Å²) in [4.78, 5) is 31.3. The number of hydrogen-bond donors (Lipinski definition) is 2. The van der Waals surface area contributed by atoms with Gasteiger partial charge < -0.3 is 19.9 Å². The largest absolute Gasteiger partial charge is 0.448 e. The second-order valence-electron chi connectivity index (χ2n) is 6.92. The number of pyridine rings is 1. The molecule has 0 aromatic carbocycles. The second-order valence-corrected chi connectivity index (χ2v) is 6.92. The van der Waals surface area contributed by atoms with E-state index in [-0.39, 0.29) is 12.5 Å². The quantitative estimate of drug-likeness (QED) is 0.665. The number of cyclic esters (lactones) is 1. The molecule has 2 aliphatic rings. The van der Waals surface area contributed by atoms with E-state index < -0.39 is 24.3 Å². The molecule has 0 spiro atoms. The smallest absolute Gasteiger partial charge is 0.410 e. The van der Waals surface area contributed by atoms with E-state index in [0.29, 0.717) is 39.3 Å². The van der Waals surface area contributed by atoms with Gasteiger partial charge in [-0.15, -0.1) is 0 Å². The molecule has 3 atom stereocenters. The van der Waals surface area contributed by atoms with Gasteiger partial charge in [0.05, 0.1) is 24.4 Å². The topological polar surface area (TPSA) is 104 Å². The van der Waals surface area contributed by atoms with Crippen LogP contribution in [0.15, 0.2) is 24.4 Å². The summed E-state index contributed by atoms with van der Waals surface area (Å²) in [6.07, 6.45) is 0.565. The molecule has 148 valence electrons. The minimum absolute atomic E-state index is 0.0623. The van der Waals surface area contributed by atoms with Gasteiger partial charge in [-0.2, -0.15) is 0 Å². The minimum atomic E-state index is -0.820. The lowest BCUT2D eigenvalue weighted by Crippen LogP contribution is -2.56. The van der Waals surface area contributed by atoms with E-state index in [1.165, 1.54) is 4.90 Å². The molecule has 2 saturated heterocycles. The molecule has 1 aromatic heterocycles. The second kappa shape index (κ2) is 9.12. The third kappa shape index (κ3) is 5.38. The van der Waals surface area contributed by atoms with Gasteiger partial charge in [0, 0.05) is 25.9 Å². The van der Waals surface area contributed by atoms with Crippen molar-refractivity contribution in [2.24, 2.45) is 0 Å². The first kappa shape index (κ1) is 19.5. The zero-order valence-electron chi connectivity index (χ0n) is 15.4. The van der Waals surface area contributed by atoms with Gasteiger partial charge in [-0.25, -0.2) is 4.79 Å². The Morgan fingerprint density at radius 3 is 3.00 bits per heavy atom. The van der Waals surface area contributed by atoms with Crippen LogP contribution in [0.25, 0.3) is 0 Å². The zero-order valence-corrected chi connectivity index (χ0v) is 15.4. The number of ether oxygens (including phenoxy) is 2. The lowest BCUT2D eigenvalue weighted by atomic mass is 9.99. The Morgan fingerprint density at radius 2 is 2.30 bits per heavy atom. The number of rotatable bonds is 7. The van der Waals surface area contributed by atoms with Gasteiger partial charge in [0.25, 0.3) is 0 Å². The van der Waals surface area contributed by atoms with Crippen LogP contribution in [-0.2, 0) is 20.8 Å². The molecular weight excluding hydrogens is 352 g/mol. The van der Waals surface area contributed by atoms with Crippen LogP contribution in [0.3, 0.4) is 0 Å². The average molecular weight is 378 g/mol. The van der Waals surface area contributed by atoms with E-state index in [9.17, 15) is 14.7 Å². The summed E-state index contributed by atoms with van der Waals surface area (Å²) in [7, 11) is 1.94. The molecular formula is C18H26N4O5. The normalized spacial score (nSPS) is 25.5. The predicted octanol–water partition coefficient (Wildman–Crippen LogP) is -0.400. The fourth-order valence-electron chi connectivity index (χ4n) is 3.33. The van der Waals surface area contributed by atoms with E-state index in [2.05, 4.69) is 10.3 Å². The van der Waals surface area contributed by atoms with Crippen molar-refractivity contribution in [3.63, 3.8) is 0 Å². The summed E-state index contributed by atoms with van der Waals surface area (Å²) in [6, 6.07) is 5.34.